The molecule has 2 rings (SSSR count). The molecule has 1 aromatic rings. The van der Waals surface area contributed by atoms with Crippen LogP contribution < -0.4 is 10.6 Å². The second-order valence-corrected chi connectivity index (χ2v) is 2.93. The van der Waals surface area contributed by atoms with Crippen molar-refractivity contribution in [2.24, 2.45) is 0 Å². The predicted molar refractivity (Wildman–Crippen MR) is 61.4 cm³/mol. The lowest BCUT2D eigenvalue weighted by Crippen LogP contribution is -2.22. The minimum atomic E-state index is 0. The van der Waals surface area contributed by atoms with Gasteiger partial charge in [-0.05, 0) is 19.0 Å². The zero-order valence-electron chi connectivity index (χ0n) is 7.64. The molecule has 1 saturated heterocycles. The molecule has 14 heavy (non-hydrogen) atoms. The van der Waals surface area contributed by atoms with Crippen molar-refractivity contribution in [2.75, 3.05) is 18.4 Å². The Morgan fingerprint density at radius 3 is 2.86 bits per heavy atom. The Labute approximate surface area is 95.7 Å². The molecule has 2 N–H and O–H groups in total. The molecule has 0 bridgehead atoms. The van der Waals surface area contributed by atoms with Gasteiger partial charge in [-0.1, -0.05) is 0 Å². The van der Waals surface area contributed by atoms with Crippen LogP contribution in [0, 0.1) is 0 Å². The maximum absolute atomic E-state index is 4.09. The molecule has 1 fully saturated rings. The largest absolute Gasteiger partial charge is 0.366 e. The lowest BCUT2D eigenvalue weighted by molar-refractivity contribution is 0.787. The van der Waals surface area contributed by atoms with Crippen molar-refractivity contribution in [1.29, 1.82) is 0 Å². The summed E-state index contributed by atoms with van der Waals surface area (Å²) in [5, 5.41) is 6.61. The highest BCUT2D eigenvalue weighted by Crippen LogP contribution is 2.06. The summed E-state index contributed by atoms with van der Waals surface area (Å²) in [5.41, 5.74) is 0. The summed E-state index contributed by atoms with van der Waals surface area (Å²) in [4.78, 5) is 7.95. The van der Waals surface area contributed by atoms with Crippen molar-refractivity contribution < 1.29 is 0 Å². The number of halogens is 2. The molecule has 80 valence electrons. The Bertz CT molecular complexity index is 238. The third-order valence-corrected chi connectivity index (χ3v) is 1.99. The number of rotatable bonds is 2. The van der Waals surface area contributed by atoms with Crippen LogP contribution in [0.15, 0.2) is 18.6 Å². The van der Waals surface area contributed by atoms with E-state index in [2.05, 4.69) is 20.6 Å². The molecule has 0 radical (unpaired) electrons. The molecular formula is C8H14Cl2N4. The van der Waals surface area contributed by atoms with E-state index in [-0.39, 0.29) is 24.8 Å². The number of hydrogen-bond donors (Lipinski definition) is 2. The molecule has 0 spiro atoms. The van der Waals surface area contributed by atoms with E-state index in [0.29, 0.717) is 6.04 Å². The van der Waals surface area contributed by atoms with Gasteiger partial charge in [0.05, 0.1) is 0 Å². The zero-order chi connectivity index (χ0) is 8.23. The lowest BCUT2D eigenvalue weighted by Gasteiger charge is -2.10. The van der Waals surface area contributed by atoms with E-state index in [9.17, 15) is 0 Å². The molecule has 1 aromatic heterocycles. The van der Waals surface area contributed by atoms with Crippen LogP contribution in [0.5, 0.6) is 0 Å². The fourth-order valence-electron chi connectivity index (χ4n) is 1.36. The Morgan fingerprint density at radius 1 is 1.43 bits per heavy atom. The number of nitrogens with one attached hydrogen (secondary N) is 2. The first kappa shape index (κ1) is 13.4. The van der Waals surface area contributed by atoms with E-state index in [1.54, 1.807) is 12.5 Å². The topological polar surface area (TPSA) is 49.8 Å². The Balaban J connectivity index is 0.000000845. The summed E-state index contributed by atoms with van der Waals surface area (Å²) in [5.74, 6) is 0.915. The van der Waals surface area contributed by atoms with Crippen LogP contribution in [-0.4, -0.2) is 29.1 Å². The summed E-state index contributed by atoms with van der Waals surface area (Å²) < 4.78 is 0. The van der Waals surface area contributed by atoms with E-state index in [1.807, 2.05) is 6.07 Å². The van der Waals surface area contributed by atoms with Gasteiger partial charge in [0.2, 0.25) is 0 Å². The zero-order valence-corrected chi connectivity index (χ0v) is 9.27. The third kappa shape index (κ3) is 3.65. The predicted octanol–water partition coefficient (Wildman–Crippen LogP) is 1.09. The Kier molecular flexibility index (Phi) is 6.53. The SMILES string of the molecule is Cl.Cl.c1cc(NC2CCNC2)ncn1. The van der Waals surface area contributed by atoms with Gasteiger partial charge in [-0.15, -0.1) is 24.8 Å². The maximum Gasteiger partial charge on any atom is 0.129 e. The average Bonchev–Trinajstić information content (AvgIpc) is 2.59. The Hall–Kier alpha value is -0.580. The van der Waals surface area contributed by atoms with Crippen molar-refractivity contribution in [2.45, 2.75) is 12.5 Å². The summed E-state index contributed by atoms with van der Waals surface area (Å²) in [6.07, 6.45) is 4.48. The summed E-state index contributed by atoms with van der Waals surface area (Å²) in [6, 6.07) is 2.41. The highest BCUT2D eigenvalue weighted by atomic mass is 35.5. The highest BCUT2D eigenvalue weighted by Gasteiger charge is 2.13. The van der Waals surface area contributed by atoms with Crippen molar-refractivity contribution >= 4 is 30.6 Å². The van der Waals surface area contributed by atoms with Gasteiger partial charge in [0, 0.05) is 18.8 Å². The van der Waals surface area contributed by atoms with Crippen molar-refractivity contribution in [3.05, 3.63) is 18.6 Å². The van der Waals surface area contributed by atoms with Gasteiger partial charge >= 0.3 is 0 Å². The standard InChI is InChI=1S/C8H12N4.2ClH/c1-3-9-5-7(1)12-8-2-4-10-6-11-8;;/h2,4,6-7,9H,1,3,5H2,(H,10,11,12);2*1H. The first-order valence-electron chi connectivity index (χ1n) is 4.18. The van der Waals surface area contributed by atoms with Gasteiger partial charge in [0.15, 0.2) is 0 Å². The minimum absolute atomic E-state index is 0. The van der Waals surface area contributed by atoms with E-state index in [4.69, 9.17) is 0 Å². The number of nitrogens with zero attached hydrogens (tertiary/aromatic N) is 2. The van der Waals surface area contributed by atoms with Crippen LogP contribution >= 0.6 is 24.8 Å². The van der Waals surface area contributed by atoms with Crippen LogP contribution in [0.4, 0.5) is 5.82 Å². The second-order valence-electron chi connectivity index (χ2n) is 2.93. The Morgan fingerprint density at radius 2 is 2.29 bits per heavy atom. The van der Waals surface area contributed by atoms with Gasteiger partial charge in [-0.2, -0.15) is 0 Å². The van der Waals surface area contributed by atoms with Crippen LogP contribution in [0.2, 0.25) is 0 Å². The maximum atomic E-state index is 4.09. The fraction of sp³-hybridized carbons (Fsp3) is 0.500. The summed E-state index contributed by atoms with van der Waals surface area (Å²) in [7, 11) is 0. The van der Waals surface area contributed by atoms with Crippen LogP contribution in [0.25, 0.3) is 0 Å². The average molecular weight is 237 g/mol. The van der Waals surface area contributed by atoms with Crippen LogP contribution in [0.1, 0.15) is 6.42 Å². The summed E-state index contributed by atoms with van der Waals surface area (Å²) in [6.45, 7) is 2.13. The van der Waals surface area contributed by atoms with E-state index in [1.165, 1.54) is 6.42 Å². The molecule has 1 atom stereocenters. The van der Waals surface area contributed by atoms with Gasteiger partial charge < -0.3 is 10.6 Å². The molecule has 4 nitrogen and oxygen atoms in total. The number of anilines is 1. The molecule has 1 aliphatic rings. The van der Waals surface area contributed by atoms with Crippen molar-refractivity contribution in [3.63, 3.8) is 0 Å². The van der Waals surface area contributed by atoms with Gasteiger partial charge in [-0.3, -0.25) is 0 Å². The van der Waals surface area contributed by atoms with E-state index >= 15 is 0 Å². The monoisotopic (exact) mass is 236 g/mol. The van der Waals surface area contributed by atoms with Crippen LogP contribution in [0.3, 0.4) is 0 Å². The first-order valence-corrected chi connectivity index (χ1v) is 4.18. The fourth-order valence-corrected chi connectivity index (χ4v) is 1.36. The molecular weight excluding hydrogens is 223 g/mol. The molecule has 1 aliphatic heterocycles. The summed E-state index contributed by atoms with van der Waals surface area (Å²) >= 11 is 0. The van der Waals surface area contributed by atoms with Gasteiger partial charge in [0.25, 0.3) is 0 Å². The first-order chi connectivity index (χ1) is 5.95. The molecule has 1 unspecified atom stereocenters. The quantitative estimate of drug-likeness (QED) is 0.808. The van der Waals surface area contributed by atoms with Gasteiger partial charge in [0.1, 0.15) is 12.1 Å². The molecule has 0 saturated carbocycles. The van der Waals surface area contributed by atoms with E-state index < -0.39 is 0 Å². The normalized spacial score (nSPS) is 19.3. The molecule has 6 heteroatoms. The highest BCUT2D eigenvalue weighted by molar-refractivity contribution is 5.85. The second kappa shape index (κ2) is 6.81. The molecule has 0 aliphatic carbocycles. The molecule has 0 amide bonds. The van der Waals surface area contributed by atoms with Crippen LogP contribution in [-0.2, 0) is 0 Å². The minimum Gasteiger partial charge on any atom is -0.366 e. The number of aromatic nitrogens is 2. The van der Waals surface area contributed by atoms with Crippen molar-refractivity contribution in [3.8, 4) is 0 Å². The van der Waals surface area contributed by atoms with Crippen molar-refractivity contribution in [1.82, 2.24) is 15.3 Å². The van der Waals surface area contributed by atoms with E-state index in [0.717, 1.165) is 18.9 Å². The lowest BCUT2D eigenvalue weighted by atomic mass is 10.2. The smallest absolute Gasteiger partial charge is 0.129 e. The third-order valence-electron chi connectivity index (χ3n) is 1.99. The number of hydrogen-bond acceptors (Lipinski definition) is 4. The molecule has 2 heterocycles. The molecule has 0 aromatic carbocycles. The van der Waals surface area contributed by atoms with Gasteiger partial charge in [-0.25, -0.2) is 9.97 Å².